The summed E-state index contributed by atoms with van der Waals surface area (Å²) >= 11 is 0. The topological polar surface area (TPSA) is 85.6 Å². The molecule has 0 fully saturated rings. The summed E-state index contributed by atoms with van der Waals surface area (Å²) in [5.74, 6) is -1.71. The van der Waals surface area contributed by atoms with E-state index in [4.69, 9.17) is 8.83 Å². The fraction of sp³-hybridized carbons (Fsp3) is 0.250. The van der Waals surface area contributed by atoms with E-state index in [0.29, 0.717) is 17.8 Å². The average molecular weight is 421 g/mol. The molecule has 1 N–H and O–H groups in total. The number of nitrogens with zero attached hydrogens (tertiary/aromatic N) is 1. The van der Waals surface area contributed by atoms with Crippen LogP contribution in [-0.4, -0.2) is 15.6 Å². The van der Waals surface area contributed by atoms with Crippen molar-refractivity contribution in [3.63, 3.8) is 0 Å². The highest BCUT2D eigenvalue weighted by Crippen LogP contribution is 2.48. The molecule has 0 radical (unpaired) electrons. The monoisotopic (exact) mass is 421 g/mol. The molecule has 0 spiro atoms. The normalized spacial score (nSPS) is 15.7. The number of aromatic nitrogens is 1. The lowest BCUT2D eigenvalue weighted by Crippen LogP contribution is -2.34. The van der Waals surface area contributed by atoms with E-state index in [1.165, 1.54) is 6.20 Å². The van der Waals surface area contributed by atoms with Gasteiger partial charge in [-0.3, -0.25) is 4.79 Å². The van der Waals surface area contributed by atoms with Crippen molar-refractivity contribution in [3.8, 4) is 22.8 Å². The molecule has 1 aliphatic rings. The number of rotatable bonds is 2. The fourth-order valence-electron chi connectivity index (χ4n) is 4.42. The van der Waals surface area contributed by atoms with Gasteiger partial charge in [0, 0.05) is 23.2 Å². The molecule has 0 saturated heterocycles. The zero-order valence-electron chi connectivity index (χ0n) is 17.2. The molecule has 1 atom stereocenters. The summed E-state index contributed by atoms with van der Waals surface area (Å²) in [5.41, 5.74) is -0.0375. The molecule has 3 aromatic heterocycles. The Morgan fingerprint density at radius 2 is 2.00 bits per heavy atom. The quantitative estimate of drug-likeness (QED) is 0.462. The number of hydrogen-bond donors (Lipinski definition) is 1. The van der Waals surface area contributed by atoms with Gasteiger partial charge < -0.3 is 18.5 Å². The molecule has 158 valence electrons. The van der Waals surface area contributed by atoms with Crippen LogP contribution in [-0.2, 0) is 6.42 Å². The van der Waals surface area contributed by atoms with E-state index in [1.807, 2.05) is 45.0 Å². The number of aromatic carboxylic acids is 1. The molecule has 0 aliphatic carbocycles. The summed E-state index contributed by atoms with van der Waals surface area (Å²) in [6.45, 7) is 6.00. The maximum Gasteiger partial charge on any atom is 0.341 e. The number of carboxylic acid groups (broad SMARTS) is 1. The number of fused-ring (bicyclic) bond motifs is 5. The van der Waals surface area contributed by atoms with Crippen molar-refractivity contribution in [2.75, 3.05) is 0 Å². The molecule has 1 aliphatic heterocycles. The predicted octanol–water partition coefficient (Wildman–Crippen LogP) is 5.50. The van der Waals surface area contributed by atoms with Gasteiger partial charge in [-0.05, 0) is 30.0 Å². The molecule has 1 aromatic carbocycles. The first kappa shape index (κ1) is 19.4. The fourth-order valence-corrected chi connectivity index (χ4v) is 4.42. The van der Waals surface area contributed by atoms with E-state index in [2.05, 4.69) is 0 Å². The zero-order chi connectivity index (χ0) is 22.1. The summed E-state index contributed by atoms with van der Waals surface area (Å²) in [6, 6.07) is 8.95. The second kappa shape index (κ2) is 6.44. The number of hydrogen-bond acceptors (Lipinski definition) is 4. The Bertz CT molecular complexity index is 1400. The highest BCUT2D eigenvalue weighted by atomic mass is 19.1. The van der Waals surface area contributed by atoms with Gasteiger partial charge in [0.2, 0.25) is 5.43 Å². The molecule has 0 bridgehead atoms. The van der Waals surface area contributed by atoms with E-state index >= 15 is 4.39 Å². The maximum absolute atomic E-state index is 15.4. The summed E-state index contributed by atoms with van der Waals surface area (Å²) in [7, 11) is 0. The maximum atomic E-state index is 15.4. The van der Waals surface area contributed by atoms with Crippen molar-refractivity contribution < 1.29 is 23.1 Å². The lowest BCUT2D eigenvalue weighted by atomic mass is 9.79. The molecule has 6 nitrogen and oxygen atoms in total. The van der Waals surface area contributed by atoms with Crippen LogP contribution in [0.2, 0.25) is 0 Å². The zero-order valence-corrected chi connectivity index (χ0v) is 17.2. The third-order valence-corrected chi connectivity index (χ3v) is 5.96. The number of carbonyl (C=O) groups is 1. The van der Waals surface area contributed by atoms with Crippen molar-refractivity contribution in [1.82, 2.24) is 4.57 Å². The molecule has 0 amide bonds. The Hall–Kier alpha value is -3.61. The highest BCUT2D eigenvalue weighted by molar-refractivity contribution is 5.97. The third-order valence-electron chi connectivity index (χ3n) is 5.96. The molecule has 31 heavy (non-hydrogen) atoms. The van der Waals surface area contributed by atoms with E-state index in [1.54, 1.807) is 16.9 Å². The van der Waals surface area contributed by atoms with Gasteiger partial charge in [0.15, 0.2) is 11.6 Å². The summed E-state index contributed by atoms with van der Waals surface area (Å²) in [5, 5.41) is 10.2. The SMILES string of the molecule is CC(C)(C)[C@@H]1Cc2c(oc3c(-c4ccco4)cccc23)-c2c(F)c(=O)c(C(=O)O)cn21. The van der Waals surface area contributed by atoms with Gasteiger partial charge in [-0.15, -0.1) is 0 Å². The Balaban J connectivity index is 1.88. The van der Waals surface area contributed by atoms with Crippen LogP contribution in [0, 0.1) is 11.2 Å². The number of benzene rings is 1. The standard InChI is InChI=1S/C24H20FNO5/c1-24(2,3)17-10-14-12-6-4-7-13(16-8-5-9-30-16)21(12)31-22(14)19-18(25)20(27)15(23(28)29)11-26(17)19/h4-9,11,17H,10H2,1-3H3,(H,28,29)/t17-/m0/s1. The number of pyridine rings is 1. The lowest BCUT2D eigenvalue weighted by molar-refractivity contribution is 0.0692. The van der Waals surface area contributed by atoms with Gasteiger partial charge >= 0.3 is 5.97 Å². The van der Waals surface area contributed by atoms with Crippen LogP contribution < -0.4 is 5.43 Å². The van der Waals surface area contributed by atoms with Crippen LogP contribution in [0.4, 0.5) is 4.39 Å². The number of halogens is 1. The summed E-state index contributed by atoms with van der Waals surface area (Å²) in [6.07, 6.45) is 3.30. The Morgan fingerprint density at radius 3 is 2.65 bits per heavy atom. The molecule has 4 aromatic rings. The van der Waals surface area contributed by atoms with Gasteiger partial charge in [0.25, 0.3) is 0 Å². The van der Waals surface area contributed by atoms with Crippen molar-refractivity contribution in [2.45, 2.75) is 33.2 Å². The molecular weight excluding hydrogens is 401 g/mol. The Morgan fingerprint density at radius 1 is 1.23 bits per heavy atom. The minimum Gasteiger partial charge on any atom is -0.477 e. The van der Waals surface area contributed by atoms with Gasteiger partial charge in [-0.25, -0.2) is 9.18 Å². The van der Waals surface area contributed by atoms with Crippen molar-refractivity contribution in [3.05, 3.63) is 70.0 Å². The second-order valence-corrected chi connectivity index (χ2v) is 8.90. The largest absolute Gasteiger partial charge is 0.477 e. The van der Waals surface area contributed by atoms with Crippen LogP contribution >= 0.6 is 0 Å². The molecule has 0 saturated carbocycles. The van der Waals surface area contributed by atoms with Crippen LogP contribution in [0.3, 0.4) is 0 Å². The minimum atomic E-state index is -1.46. The van der Waals surface area contributed by atoms with Crippen LogP contribution in [0.5, 0.6) is 0 Å². The Kier molecular flexibility index (Phi) is 4.02. The van der Waals surface area contributed by atoms with Gasteiger partial charge in [0.05, 0.1) is 11.8 Å². The van der Waals surface area contributed by atoms with Crippen molar-refractivity contribution >= 4 is 16.9 Å². The molecule has 5 rings (SSSR count). The van der Waals surface area contributed by atoms with E-state index in [-0.39, 0.29) is 22.9 Å². The first-order valence-corrected chi connectivity index (χ1v) is 9.95. The predicted molar refractivity (Wildman–Crippen MR) is 113 cm³/mol. The first-order valence-electron chi connectivity index (χ1n) is 9.95. The van der Waals surface area contributed by atoms with Gasteiger partial charge in [-0.2, -0.15) is 0 Å². The van der Waals surface area contributed by atoms with Gasteiger partial charge in [0.1, 0.15) is 22.6 Å². The number of para-hydroxylation sites is 1. The molecular formula is C24H20FNO5. The molecule has 7 heteroatoms. The number of carboxylic acids is 1. The average Bonchev–Trinajstić information content (AvgIpc) is 3.36. The van der Waals surface area contributed by atoms with Crippen LogP contribution in [0.25, 0.3) is 33.7 Å². The van der Waals surface area contributed by atoms with Crippen LogP contribution in [0.15, 0.2) is 56.4 Å². The molecule has 4 heterocycles. The minimum absolute atomic E-state index is 0.0160. The van der Waals surface area contributed by atoms with E-state index in [9.17, 15) is 14.7 Å². The van der Waals surface area contributed by atoms with Crippen LogP contribution in [0.1, 0.15) is 42.7 Å². The highest BCUT2D eigenvalue weighted by Gasteiger charge is 2.39. The number of furan rings is 2. The summed E-state index contributed by atoms with van der Waals surface area (Å²) in [4.78, 5) is 24.1. The third kappa shape index (κ3) is 2.76. The Labute approximate surface area is 176 Å². The van der Waals surface area contributed by atoms with Crippen molar-refractivity contribution in [1.29, 1.82) is 0 Å². The first-order chi connectivity index (χ1) is 14.7. The smallest absolute Gasteiger partial charge is 0.341 e. The molecule has 0 unspecified atom stereocenters. The lowest BCUT2D eigenvalue weighted by Gasteiger charge is -2.37. The van der Waals surface area contributed by atoms with Crippen molar-refractivity contribution in [2.24, 2.45) is 5.41 Å². The second-order valence-electron chi connectivity index (χ2n) is 8.90. The summed E-state index contributed by atoms with van der Waals surface area (Å²) < 4.78 is 28.6. The van der Waals surface area contributed by atoms with Gasteiger partial charge in [-0.1, -0.05) is 32.9 Å². The van der Waals surface area contributed by atoms with E-state index in [0.717, 1.165) is 16.5 Å². The van der Waals surface area contributed by atoms with E-state index < -0.39 is 22.8 Å².